The molecule has 25 heavy (non-hydrogen) atoms. The Morgan fingerprint density at radius 3 is 2.48 bits per heavy atom. The molecule has 1 aromatic carbocycles. The van der Waals surface area contributed by atoms with Gasteiger partial charge in [0.05, 0.1) is 35.5 Å². The minimum Gasteiger partial charge on any atom is -0.465 e. The van der Waals surface area contributed by atoms with Crippen LogP contribution in [-0.4, -0.2) is 40.8 Å². The Morgan fingerprint density at radius 2 is 1.88 bits per heavy atom. The van der Waals surface area contributed by atoms with Crippen LogP contribution < -0.4 is 0 Å². The first-order valence-electron chi connectivity index (χ1n) is 7.28. The number of para-hydroxylation sites is 1. The number of aryl methyl sites for hydroxylation is 1. The predicted molar refractivity (Wildman–Crippen MR) is 86.2 cm³/mol. The number of nitrogens with zero attached hydrogens (tertiary/aromatic N) is 3. The maximum atomic E-state index is 12.2. The van der Waals surface area contributed by atoms with E-state index in [0.717, 1.165) is 7.11 Å². The monoisotopic (exact) mass is 345 g/mol. The van der Waals surface area contributed by atoms with Crippen molar-refractivity contribution in [2.24, 2.45) is 0 Å². The summed E-state index contributed by atoms with van der Waals surface area (Å²) in [4.78, 5) is 35.2. The number of esters is 2. The number of hydrogen-bond donors (Lipinski definition) is 0. The van der Waals surface area contributed by atoms with Crippen molar-refractivity contribution in [2.45, 2.75) is 13.8 Å². The number of nitro groups is 1. The van der Waals surface area contributed by atoms with Gasteiger partial charge in [0.1, 0.15) is 0 Å². The van der Waals surface area contributed by atoms with Gasteiger partial charge < -0.3 is 9.47 Å². The summed E-state index contributed by atoms with van der Waals surface area (Å²) in [6, 6.07) is 5.71. The van der Waals surface area contributed by atoms with Crippen molar-refractivity contribution in [1.29, 1.82) is 0 Å². The number of carbonyl (C=O) groups excluding carboxylic acids is 2. The van der Waals surface area contributed by atoms with Crippen LogP contribution in [0.5, 0.6) is 0 Å². The maximum absolute atomic E-state index is 12.2. The highest BCUT2D eigenvalue weighted by atomic mass is 16.6. The SMILES string of the molecule is CCOC(=O)c1nnc(C)c(C(=O)OC)c1-c1ccccc1[N+](=O)[O-]. The quantitative estimate of drug-likeness (QED) is 0.460. The summed E-state index contributed by atoms with van der Waals surface area (Å²) in [5.41, 5.74) is -0.463. The second-order valence-electron chi connectivity index (χ2n) is 4.87. The Hall–Kier alpha value is -3.36. The smallest absolute Gasteiger partial charge is 0.359 e. The van der Waals surface area contributed by atoms with Crippen molar-refractivity contribution in [3.63, 3.8) is 0 Å². The lowest BCUT2D eigenvalue weighted by Gasteiger charge is -2.13. The molecule has 2 rings (SSSR count). The number of methoxy groups -OCH3 is 1. The van der Waals surface area contributed by atoms with E-state index >= 15 is 0 Å². The zero-order chi connectivity index (χ0) is 18.6. The summed E-state index contributed by atoms with van der Waals surface area (Å²) in [7, 11) is 1.16. The molecule has 0 aliphatic rings. The highest BCUT2D eigenvalue weighted by Crippen LogP contribution is 2.35. The zero-order valence-electron chi connectivity index (χ0n) is 13.8. The average Bonchev–Trinajstić information content (AvgIpc) is 2.60. The molecule has 0 saturated carbocycles. The Bertz CT molecular complexity index is 850. The third kappa shape index (κ3) is 3.44. The van der Waals surface area contributed by atoms with Crippen LogP contribution in [0.4, 0.5) is 5.69 Å². The molecule has 130 valence electrons. The molecule has 2 aromatic rings. The van der Waals surface area contributed by atoms with Crippen LogP contribution in [-0.2, 0) is 9.47 Å². The molecule has 1 heterocycles. The van der Waals surface area contributed by atoms with Crippen molar-refractivity contribution in [3.05, 3.63) is 51.3 Å². The van der Waals surface area contributed by atoms with E-state index in [4.69, 9.17) is 9.47 Å². The summed E-state index contributed by atoms with van der Waals surface area (Å²) >= 11 is 0. The van der Waals surface area contributed by atoms with Crippen LogP contribution in [0.15, 0.2) is 24.3 Å². The van der Waals surface area contributed by atoms with Crippen molar-refractivity contribution in [3.8, 4) is 11.1 Å². The molecule has 0 spiro atoms. The van der Waals surface area contributed by atoms with Gasteiger partial charge in [-0.3, -0.25) is 10.1 Å². The first-order valence-corrected chi connectivity index (χ1v) is 7.28. The van der Waals surface area contributed by atoms with Gasteiger partial charge in [0.2, 0.25) is 0 Å². The van der Waals surface area contributed by atoms with Crippen molar-refractivity contribution in [1.82, 2.24) is 10.2 Å². The first kappa shape index (κ1) is 18.0. The van der Waals surface area contributed by atoms with Crippen LogP contribution in [0.25, 0.3) is 11.1 Å². The second kappa shape index (κ2) is 7.47. The first-order chi connectivity index (χ1) is 11.9. The molecule has 0 saturated heterocycles. The fraction of sp³-hybridized carbons (Fsp3) is 0.250. The van der Waals surface area contributed by atoms with Gasteiger partial charge in [-0.1, -0.05) is 12.1 Å². The lowest BCUT2D eigenvalue weighted by molar-refractivity contribution is -0.384. The highest BCUT2D eigenvalue weighted by molar-refractivity contribution is 6.06. The average molecular weight is 345 g/mol. The maximum Gasteiger partial charge on any atom is 0.359 e. The van der Waals surface area contributed by atoms with Gasteiger partial charge in [-0.05, 0) is 19.9 Å². The molecule has 0 fully saturated rings. The molecule has 0 N–H and O–H groups in total. The van der Waals surface area contributed by atoms with Crippen LogP contribution in [0, 0.1) is 17.0 Å². The van der Waals surface area contributed by atoms with E-state index in [-0.39, 0.29) is 40.4 Å². The number of carbonyl (C=O) groups is 2. The van der Waals surface area contributed by atoms with Gasteiger partial charge in [0.25, 0.3) is 5.69 Å². The zero-order valence-corrected chi connectivity index (χ0v) is 13.8. The van der Waals surface area contributed by atoms with Crippen LogP contribution in [0.3, 0.4) is 0 Å². The van der Waals surface area contributed by atoms with Gasteiger partial charge in [0, 0.05) is 11.6 Å². The molecular formula is C16H15N3O6. The van der Waals surface area contributed by atoms with Gasteiger partial charge in [-0.15, -0.1) is 5.10 Å². The van der Waals surface area contributed by atoms with Crippen molar-refractivity contribution < 1.29 is 24.0 Å². The molecule has 9 nitrogen and oxygen atoms in total. The van der Waals surface area contributed by atoms with E-state index < -0.39 is 16.9 Å². The van der Waals surface area contributed by atoms with Gasteiger partial charge >= 0.3 is 11.9 Å². The molecule has 0 amide bonds. The molecule has 0 bridgehead atoms. The molecular weight excluding hydrogens is 330 g/mol. The normalized spacial score (nSPS) is 10.2. The van der Waals surface area contributed by atoms with Crippen LogP contribution in [0.2, 0.25) is 0 Å². The molecule has 0 unspecified atom stereocenters. The molecule has 0 aliphatic carbocycles. The van der Waals surface area contributed by atoms with E-state index in [1.165, 1.54) is 25.1 Å². The van der Waals surface area contributed by atoms with Crippen molar-refractivity contribution >= 4 is 17.6 Å². The standard InChI is InChI=1S/C16H15N3O6/c1-4-25-16(21)14-13(10-7-5-6-8-11(10)19(22)23)12(15(20)24-3)9(2)17-18-14/h5-8H,4H2,1-3H3. The van der Waals surface area contributed by atoms with E-state index in [2.05, 4.69) is 10.2 Å². The van der Waals surface area contributed by atoms with E-state index in [9.17, 15) is 19.7 Å². The molecule has 0 atom stereocenters. The summed E-state index contributed by atoms with van der Waals surface area (Å²) in [6.45, 7) is 3.16. The lowest BCUT2D eigenvalue weighted by atomic mass is 9.96. The number of aromatic nitrogens is 2. The Labute approximate surface area is 142 Å². The molecule has 1 aromatic heterocycles. The van der Waals surface area contributed by atoms with Gasteiger partial charge in [-0.2, -0.15) is 5.10 Å². The Kier molecular flexibility index (Phi) is 5.38. The number of ether oxygens (including phenoxy) is 2. The second-order valence-corrected chi connectivity index (χ2v) is 4.87. The summed E-state index contributed by atoms with van der Waals surface area (Å²) in [5.74, 6) is -1.63. The number of nitro benzene ring substituents is 1. The summed E-state index contributed by atoms with van der Waals surface area (Å²) in [6.07, 6.45) is 0. The molecule has 0 radical (unpaired) electrons. The third-order valence-electron chi connectivity index (χ3n) is 3.38. The van der Waals surface area contributed by atoms with Gasteiger partial charge in [0.15, 0.2) is 5.69 Å². The predicted octanol–water partition coefficient (Wildman–Crippen LogP) is 2.32. The van der Waals surface area contributed by atoms with E-state index in [1.54, 1.807) is 13.0 Å². The van der Waals surface area contributed by atoms with E-state index in [1.807, 2.05) is 0 Å². The molecule has 9 heteroatoms. The Morgan fingerprint density at radius 1 is 1.20 bits per heavy atom. The highest BCUT2D eigenvalue weighted by Gasteiger charge is 2.30. The number of benzene rings is 1. The minimum absolute atomic E-state index is 0.0369. The Balaban J connectivity index is 2.90. The van der Waals surface area contributed by atoms with Crippen LogP contribution in [0.1, 0.15) is 33.5 Å². The summed E-state index contributed by atoms with van der Waals surface area (Å²) in [5, 5.41) is 19.0. The fourth-order valence-corrected chi connectivity index (χ4v) is 2.32. The third-order valence-corrected chi connectivity index (χ3v) is 3.38. The molecule has 0 aliphatic heterocycles. The van der Waals surface area contributed by atoms with Crippen LogP contribution >= 0.6 is 0 Å². The fourth-order valence-electron chi connectivity index (χ4n) is 2.32. The largest absolute Gasteiger partial charge is 0.465 e. The number of rotatable bonds is 5. The van der Waals surface area contributed by atoms with Gasteiger partial charge in [-0.25, -0.2) is 9.59 Å². The summed E-state index contributed by atoms with van der Waals surface area (Å²) < 4.78 is 9.68. The van der Waals surface area contributed by atoms with E-state index in [0.29, 0.717) is 0 Å². The number of hydrogen-bond acceptors (Lipinski definition) is 8. The lowest BCUT2D eigenvalue weighted by Crippen LogP contribution is -2.17. The topological polar surface area (TPSA) is 122 Å². The minimum atomic E-state index is -0.840. The van der Waals surface area contributed by atoms with Crippen molar-refractivity contribution in [2.75, 3.05) is 13.7 Å².